The molecule has 1 rings (SSSR count). The smallest absolute Gasteiger partial charge is 0.245 e. The summed E-state index contributed by atoms with van der Waals surface area (Å²) in [6, 6.07) is -9.01. The van der Waals surface area contributed by atoms with E-state index >= 15 is 0 Å². The Bertz CT molecular complexity index is 1680. The molecule has 22 heteroatoms. The molecule has 1 fully saturated rings. The van der Waals surface area contributed by atoms with Gasteiger partial charge in [0.2, 0.25) is 47.3 Å². The predicted molar refractivity (Wildman–Crippen MR) is 271 cm³/mol. The second-order valence-corrected chi connectivity index (χ2v) is 20.2. The molecule has 0 aromatic rings. The van der Waals surface area contributed by atoms with Gasteiger partial charge >= 0.3 is 0 Å². The maximum atomic E-state index is 14.3. The lowest BCUT2D eigenvalue weighted by Crippen LogP contribution is -2.62. The number of rotatable bonds is 27. The minimum Gasteiger partial charge on any atom is -0.393 e. The quantitative estimate of drug-likeness (QED) is 0.0445. The zero-order chi connectivity index (χ0) is 53.6. The number of Topliss-reactive ketones (excluding diaryl/α,β-unsaturated/α-hetero) is 1. The van der Waals surface area contributed by atoms with Gasteiger partial charge in [-0.2, -0.15) is 0 Å². The van der Waals surface area contributed by atoms with Crippen molar-refractivity contribution >= 4 is 53.0 Å². The molecule has 1 aliphatic rings. The van der Waals surface area contributed by atoms with Crippen LogP contribution >= 0.6 is 0 Å². The summed E-state index contributed by atoms with van der Waals surface area (Å²) < 4.78 is 0. The first-order valence-corrected chi connectivity index (χ1v) is 26.0. The number of aliphatic hydroxyl groups excluding tert-OH is 1. The van der Waals surface area contributed by atoms with E-state index in [9.17, 15) is 48.3 Å². The van der Waals surface area contributed by atoms with Gasteiger partial charge in [0.25, 0.3) is 0 Å². The van der Waals surface area contributed by atoms with Crippen LogP contribution in [0.4, 0.5) is 0 Å². The fourth-order valence-corrected chi connectivity index (χ4v) is 8.26. The Morgan fingerprint density at radius 2 is 0.944 bits per heavy atom. The molecule has 0 spiro atoms. The second kappa shape index (κ2) is 35.4. The van der Waals surface area contributed by atoms with Crippen molar-refractivity contribution in [3.63, 3.8) is 0 Å². The van der Waals surface area contributed by atoms with Crippen LogP contribution in [0.5, 0.6) is 0 Å². The van der Waals surface area contributed by atoms with Gasteiger partial charge in [-0.25, -0.2) is 0 Å². The van der Waals surface area contributed by atoms with E-state index in [1.165, 1.54) is 0 Å². The number of nitrogens with two attached hydrogens (primary N) is 4. The number of unbranched alkanes of at least 4 members (excludes halogenated alkanes) is 4. The van der Waals surface area contributed by atoms with E-state index in [0.717, 1.165) is 32.1 Å². The van der Waals surface area contributed by atoms with Crippen molar-refractivity contribution in [3.05, 3.63) is 0 Å². The van der Waals surface area contributed by atoms with Crippen molar-refractivity contribution in [2.75, 3.05) is 32.7 Å². The van der Waals surface area contributed by atoms with Gasteiger partial charge in [0.15, 0.2) is 0 Å². The van der Waals surface area contributed by atoms with E-state index < -0.39 is 108 Å². The Labute approximate surface area is 421 Å². The molecule has 1 aliphatic heterocycles. The zero-order valence-corrected chi connectivity index (χ0v) is 43.7. The molecule has 1 saturated heterocycles. The van der Waals surface area contributed by atoms with Crippen LogP contribution in [-0.4, -0.2) is 139 Å². The third kappa shape index (κ3) is 26.0. The largest absolute Gasteiger partial charge is 0.393 e. The first-order chi connectivity index (χ1) is 33.6. The summed E-state index contributed by atoms with van der Waals surface area (Å²) in [6.07, 6.45) is 4.51. The predicted octanol–water partition coefficient (Wildman–Crippen LogP) is -0.880. The first kappa shape index (κ1) is 64.2. The van der Waals surface area contributed by atoms with Crippen molar-refractivity contribution in [2.45, 2.75) is 200 Å². The molecule has 0 radical (unpaired) electrons. The summed E-state index contributed by atoms with van der Waals surface area (Å²) in [7, 11) is 0. The maximum absolute atomic E-state index is 14.3. The van der Waals surface area contributed by atoms with Crippen LogP contribution in [0.15, 0.2) is 0 Å². The normalized spacial score (nSPS) is 23.5. The van der Waals surface area contributed by atoms with Crippen LogP contribution in [0.25, 0.3) is 0 Å². The molecule has 9 atom stereocenters. The molecule has 17 N–H and O–H groups in total. The molecule has 0 aromatic carbocycles. The van der Waals surface area contributed by atoms with E-state index in [1.54, 1.807) is 0 Å². The number of aliphatic hydroxyl groups is 1. The molecular weight excluding hydrogens is 917 g/mol. The lowest BCUT2D eigenvalue weighted by molar-refractivity contribution is -0.137. The minimum atomic E-state index is -1.57. The standard InChI is InChI=1S/C49H92N12O10/c1-8-9-10-11-12-14-33(62)27-34(63)26-32(16-20-51)42(64)61-41-28-54-43(65)38(23-29(2)3)58-44(66)35(15-13-19-50)55-45(67)36(17-21-52)56-47(69)39(24-30(4)5)60-48(70)40(25-31(6)7)59-46(68)37(18-22-53)57-49(41)71/h29-33,35-41,62H,8-28,50-53H2,1-7H3,(H,54,65)(H,55,67)(H,56,69)(H,57,71)(H,58,66)(H,59,68)(H,60,70)(H,61,64)/t32-,33+,35-,36-,37-,38-,39-,40+,41-/m0/s1. The number of ketones is 1. The Kier molecular flexibility index (Phi) is 32.0. The van der Waals surface area contributed by atoms with E-state index in [-0.39, 0.29) is 108 Å². The molecular formula is C49H92N12O10. The Morgan fingerprint density at radius 1 is 0.521 bits per heavy atom. The van der Waals surface area contributed by atoms with E-state index in [4.69, 9.17) is 22.9 Å². The number of carbonyl (C=O) groups excluding carboxylic acids is 9. The van der Waals surface area contributed by atoms with Crippen LogP contribution < -0.4 is 65.5 Å². The Hall–Kier alpha value is -4.77. The van der Waals surface area contributed by atoms with Crippen LogP contribution in [0, 0.1) is 23.7 Å². The van der Waals surface area contributed by atoms with Crippen LogP contribution in [-0.2, 0) is 43.2 Å². The molecule has 0 aromatic heterocycles. The Balaban J connectivity index is 3.86. The van der Waals surface area contributed by atoms with Crippen molar-refractivity contribution < 1.29 is 48.3 Å². The average Bonchev–Trinajstić information content (AvgIpc) is 3.29. The van der Waals surface area contributed by atoms with Crippen molar-refractivity contribution in [2.24, 2.45) is 46.6 Å². The molecule has 0 saturated carbocycles. The molecule has 0 aliphatic carbocycles. The van der Waals surface area contributed by atoms with Crippen LogP contribution in [0.1, 0.15) is 151 Å². The first-order valence-electron chi connectivity index (χ1n) is 26.0. The summed E-state index contributed by atoms with van der Waals surface area (Å²) in [5, 5.41) is 32.1. The van der Waals surface area contributed by atoms with E-state index in [1.807, 2.05) is 41.5 Å². The second-order valence-electron chi connectivity index (χ2n) is 20.2. The molecule has 0 bridgehead atoms. The van der Waals surface area contributed by atoms with Crippen molar-refractivity contribution in [3.8, 4) is 0 Å². The molecule has 408 valence electrons. The van der Waals surface area contributed by atoms with Crippen molar-refractivity contribution in [1.82, 2.24) is 42.5 Å². The highest BCUT2D eigenvalue weighted by Crippen LogP contribution is 2.16. The number of hydrogen-bond donors (Lipinski definition) is 13. The highest BCUT2D eigenvalue weighted by molar-refractivity contribution is 5.98. The van der Waals surface area contributed by atoms with Gasteiger partial charge in [-0.1, -0.05) is 80.6 Å². The number of amides is 8. The third-order valence-corrected chi connectivity index (χ3v) is 12.1. The van der Waals surface area contributed by atoms with E-state index in [0.29, 0.717) is 12.8 Å². The minimum absolute atomic E-state index is 0.00267. The third-order valence-electron chi connectivity index (χ3n) is 12.1. The zero-order valence-electron chi connectivity index (χ0n) is 43.7. The van der Waals surface area contributed by atoms with Gasteiger partial charge in [-0.3, -0.25) is 43.2 Å². The van der Waals surface area contributed by atoms with Gasteiger partial charge in [-0.05, 0) is 102 Å². The maximum Gasteiger partial charge on any atom is 0.245 e. The van der Waals surface area contributed by atoms with Gasteiger partial charge in [0, 0.05) is 25.3 Å². The summed E-state index contributed by atoms with van der Waals surface area (Å²) >= 11 is 0. The van der Waals surface area contributed by atoms with Crippen LogP contribution in [0.2, 0.25) is 0 Å². The number of carbonyl (C=O) groups is 9. The lowest BCUT2D eigenvalue weighted by atomic mass is 9.94. The molecule has 0 unspecified atom stereocenters. The topological polar surface area (TPSA) is 374 Å². The lowest BCUT2D eigenvalue weighted by Gasteiger charge is -2.30. The van der Waals surface area contributed by atoms with Crippen LogP contribution in [0.3, 0.4) is 0 Å². The number of hydrogen-bond acceptors (Lipinski definition) is 14. The molecule has 71 heavy (non-hydrogen) atoms. The number of nitrogens with one attached hydrogen (secondary N) is 8. The fourth-order valence-electron chi connectivity index (χ4n) is 8.26. The molecule has 8 amide bonds. The SMILES string of the molecule is CCCCCCC[C@@H](O)CC(=O)C[C@H](CCN)C(=O)N[C@H]1CNC(=O)[C@H](CC(C)C)NC(=O)[C@H](CCCN)NC(=O)[C@H](CCN)NC(=O)[C@H](CC(C)C)NC(=O)[C@@H](CC(C)C)NC(=O)[C@H](CCN)NC1=O. The van der Waals surface area contributed by atoms with Gasteiger partial charge < -0.3 is 70.6 Å². The summed E-state index contributed by atoms with van der Waals surface area (Å²) in [6.45, 7) is 12.5. The summed E-state index contributed by atoms with van der Waals surface area (Å²) in [5.74, 6) is -7.96. The summed E-state index contributed by atoms with van der Waals surface area (Å²) in [5.41, 5.74) is 23.5. The monoisotopic (exact) mass is 1010 g/mol. The van der Waals surface area contributed by atoms with E-state index in [2.05, 4.69) is 49.5 Å². The van der Waals surface area contributed by atoms with Crippen molar-refractivity contribution in [1.29, 1.82) is 0 Å². The molecule has 22 nitrogen and oxygen atoms in total. The highest BCUT2D eigenvalue weighted by Gasteiger charge is 2.36. The molecule has 1 heterocycles. The van der Waals surface area contributed by atoms with Gasteiger partial charge in [-0.15, -0.1) is 0 Å². The van der Waals surface area contributed by atoms with Gasteiger partial charge in [0.05, 0.1) is 6.10 Å². The highest BCUT2D eigenvalue weighted by atomic mass is 16.3. The summed E-state index contributed by atoms with van der Waals surface area (Å²) in [4.78, 5) is 126. The van der Waals surface area contributed by atoms with Gasteiger partial charge in [0.1, 0.15) is 48.1 Å². The Morgan fingerprint density at radius 3 is 1.38 bits per heavy atom. The fraction of sp³-hybridized carbons (Fsp3) is 0.816. The average molecular weight is 1010 g/mol.